The normalized spacial score (nSPS) is 11.4. The molecule has 5 nitrogen and oxygen atoms in total. The van der Waals surface area contributed by atoms with Gasteiger partial charge in [0.05, 0.1) is 4.47 Å². The summed E-state index contributed by atoms with van der Waals surface area (Å²) >= 11 is 3.27. The highest BCUT2D eigenvalue weighted by Crippen LogP contribution is 2.18. The number of aromatic nitrogens is 2. The van der Waals surface area contributed by atoms with Crippen LogP contribution in [-0.2, 0) is 15.6 Å². The SMILES string of the molecule is CCNc1nc(CS(C)(=O)=O)ncc1Br. The number of rotatable bonds is 4. The van der Waals surface area contributed by atoms with Crippen molar-refractivity contribution < 1.29 is 8.42 Å². The molecule has 0 unspecified atom stereocenters. The summed E-state index contributed by atoms with van der Waals surface area (Å²) < 4.78 is 22.8. The molecule has 0 aliphatic heterocycles. The van der Waals surface area contributed by atoms with Crippen LogP contribution < -0.4 is 5.32 Å². The summed E-state index contributed by atoms with van der Waals surface area (Å²) in [6.45, 7) is 2.65. The number of halogens is 1. The smallest absolute Gasteiger partial charge is 0.154 e. The molecule has 0 fully saturated rings. The van der Waals surface area contributed by atoms with Gasteiger partial charge >= 0.3 is 0 Å². The Morgan fingerprint density at radius 2 is 2.20 bits per heavy atom. The monoisotopic (exact) mass is 293 g/mol. The molecule has 0 aliphatic rings. The Hall–Kier alpha value is -0.690. The second-order valence-electron chi connectivity index (χ2n) is 3.08. The first-order valence-corrected chi connectivity index (χ1v) is 7.20. The van der Waals surface area contributed by atoms with E-state index in [9.17, 15) is 8.42 Å². The summed E-state index contributed by atoms with van der Waals surface area (Å²) in [5.41, 5.74) is 0. The Morgan fingerprint density at radius 3 is 2.73 bits per heavy atom. The van der Waals surface area contributed by atoms with Gasteiger partial charge in [-0.15, -0.1) is 0 Å². The van der Waals surface area contributed by atoms with E-state index in [1.165, 1.54) is 0 Å². The minimum Gasteiger partial charge on any atom is -0.369 e. The molecule has 0 saturated heterocycles. The lowest BCUT2D eigenvalue weighted by Crippen LogP contribution is -2.08. The quantitative estimate of drug-likeness (QED) is 0.904. The Morgan fingerprint density at radius 1 is 1.53 bits per heavy atom. The third-order valence-corrected chi connectivity index (χ3v) is 2.89. The average Bonchev–Trinajstić information content (AvgIpc) is 2.09. The van der Waals surface area contributed by atoms with E-state index in [2.05, 4.69) is 31.2 Å². The van der Waals surface area contributed by atoms with Crippen LogP contribution in [0.25, 0.3) is 0 Å². The van der Waals surface area contributed by atoms with Crippen molar-refractivity contribution in [2.45, 2.75) is 12.7 Å². The average molecular weight is 294 g/mol. The maximum atomic E-state index is 11.0. The van der Waals surface area contributed by atoms with Crippen LogP contribution in [0.15, 0.2) is 10.7 Å². The largest absolute Gasteiger partial charge is 0.369 e. The first kappa shape index (κ1) is 12.4. The van der Waals surface area contributed by atoms with Crippen LogP contribution in [0, 0.1) is 0 Å². The van der Waals surface area contributed by atoms with Crippen molar-refractivity contribution in [3.63, 3.8) is 0 Å². The molecular formula is C8H12BrN3O2S. The van der Waals surface area contributed by atoms with Crippen molar-refractivity contribution in [2.24, 2.45) is 0 Å². The van der Waals surface area contributed by atoms with Crippen molar-refractivity contribution in [1.29, 1.82) is 0 Å². The van der Waals surface area contributed by atoms with Crippen LogP contribution in [0.4, 0.5) is 5.82 Å². The predicted molar refractivity (Wildman–Crippen MR) is 62.4 cm³/mol. The van der Waals surface area contributed by atoms with Gasteiger partial charge in [-0.3, -0.25) is 0 Å². The van der Waals surface area contributed by atoms with Crippen molar-refractivity contribution in [1.82, 2.24) is 9.97 Å². The summed E-state index contributed by atoms with van der Waals surface area (Å²) in [7, 11) is -3.09. The zero-order chi connectivity index (χ0) is 11.5. The third kappa shape index (κ3) is 4.13. The third-order valence-electron chi connectivity index (χ3n) is 1.53. The van der Waals surface area contributed by atoms with E-state index in [4.69, 9.17) is 0 Å². The highest BCUT2D eigenvalue weighted by molar-refractivity contribution is 9.10. The molecule has 0 radical (unpaired) electrons. The summed E-state index contributed by atoms with van der Waals surface area (Å²) in [6.07, 6.45) is 2.71. The number of nitrogens with zero attached hydrogens (tertiary/aromatic N) is 2. The minimum atomic E-state index is -3.09. The van der Waals surface area contributed by atoms with Crippen molar-refractivity contribution in [3.05, 3.63) is 16.5 Å². The second-order valence-corrected chi connectivity index (χ2v) is 6.08. The van der Waals surface area contributed by atoms with Gasteiger partial charge in [0.2, 0.25) is 0 Å². The Labute approximate surface area is 97.4 Å². The highest BCUT2D eigenvalue weighted by Gasteiger charge is 2.09. The lowest BCUT2D eigenvalue weighted by molar-refractivity contribution is 0.599. The lowest BCUT2D eigenvalue weighted by Gasteiger charge is -2.06. The van der Waals surface area contributed by atoms with Gasteiger partial charge < -0.3 is 5.32 Å². The van der Waals surface area contributed by atoms with Crippen LogP contribution in [0.5, 0.6) is 0 Å². The van der Waals surface area contributed by atoms with Crippen molar-refractivity contribution in [3.8, 4) is 0 Å². The van der Waals surface area contributed by atoms with Gasteiger partial charge in [0.15, 0.2) is 9.84 Å². The van der Waals surface area contributed by atoms with E-state index >= 15 is 0 Å². The topological polar surface area (TPSA) is 72.0 Å². The fraction of sp³-hybridized carbons (Fsp3) is 0.500. The van der Waals surface area contributed by atoms with Crippen LogP contribution in [0.1, 0.15) is 12.7 Å². The zero-order valence-corrected chi connectivity index (χ0v) is 10.9. The van der Waals surface area contributed by atoms with Gasteiger partial charge in [-0.1, -0.05) is 0 Å². The first-order valence-electron chi connectivity index (χ1n) is 4.35. The van der Waals surface area contributed by atoms with E-state index in [1.807, 2.05) is 6.92 Å². The van der Waals surface area contributed by atoms with Gasteiger partial charge in [-0.2, -0.15) is 0 Å². The predicted octanol–water partition coefficient (Wildman–Crippen LogP) is 1.22. The van der Waals surface area contributed by atoms with Gasteiger partial charge in [-0.05, 0) is 22.9 Å². The Kier molecular flexibility index (Phi) is 4.04. The van der Waals surface area contributed by atoms with Crippen LogP contribution >= 0.6 is 15.9 Å². The molecule has 0 atom stereocenters. The Bertz CT molecular complexity index is 447. The second kappa shape index (κ2) is 4.89. The molecule has 84 valence electrons. The van der Waals surface area contributed by atoms with Crippen LogP contribution in [-0.4, -0.2) is 31.2 Å². The molecule has 1 heterocycles. The van der Waals surface area contributed by atoms with Gasteiger partial charge in [-0.25, -0.2) is 18.4 Å². The van der Waals surface area contributed by atoms with E-state index < -0.39 is 9.84 Å². The maximum absolute atomic E-state index is 11.0. The molecule has 1 aromatic heterocycles. The van der Waals surface area contributed by atoms with E-state index in [0.717, 1.165) is 10.7 Å². The summed E-state index contributed by atoms with van der Waals surface area (Å²) in [5.74, 6) is 0.779. The lowest BCUT2D eigenvalue weighted by atomic mass is 10.5. The van der Waals surface area contributed by atoms with Crippen molar-refractivity contribution >= 4 is 31.6 Å². The molecule has 1 aromatic rings. The number of nitrogens with one attached hydrogen (secondary N) is 1. The number of sulfone groups is 1. The molecule has 0 bridgehead atoms. The van der Waals surface area contributed by atoms with Gasteiger partial charge in [0, 0.05) is 19.0 Å². The molecule has 0 saturated carbocycles. The standard InChI is InChI=1S/C8H12BrN3O2S/c1-3-10-8-6(9)4-11-7(12-8)5-15(2,13)14/h4H,3,5H2,1-2H3,(H,10,11,12). The van der Waals surface area contributed by atoms with E-state index in [-0.39, 0.29) is 5.75 Å². The minimum absolute atomic E-state index is 0.140. The molecule has 0 amide bonds. The molecular weight excluding hydrogens is 282 g/mol. The fourth-order valence-electron chi connectivity index (χ4n) is 0.999. The van der Waals surface area contributed by atoms with Gasteiger partial charge in [0.25, 0.3) is 0 Å². The van der Waals surface area contributed by atoms with E-state index in [0.29, 0.717) is 18.2 Å². The summed E-state index contributed by atoms with van der Waals surface area (Å²) in [6, 6.07) is 0. The van der Waals surface area contributed by atoms with E-state index in [1.54, 1.807) is 6.20 Å². The Balaban J connectivity index is 2.97. The van der Waals surface area contributed by atoms with Crippen LogP contribution in [0.3, 0.4) is 0 Å². The zero-order valence-electron chi connectivity index (χ0n) is 8.49. The molecule has 7 heteroatoms. The number of anilines is 1. The van der Waals surface area contributed by atoms with Crippen LogP contribution in [0.2, 0.25) is 0 Å². The molecule has 0 aromatic carbocycles. The molecule has 15 heavy (non-hydrogen) atoms. The van der Waals surface area contributed by atoms with Crippen molar-refractivity contribution in [2.75, 3.05) is 18.1 Å². The number of hydrogen-bond acceptors (Lipinski definition) is 5. The van der Waals surface area contributed by atoms with Gasteiger partial charge in [0.1, 0.15) is 17.4 Å². The summed E-state index contributed by atoms with van der Waals surface area (Å²) in [5, 5.41) is 3.01. The molecule has 1 N–H and O–H groups in total. The fourth-order valence-corrected chi connectivity index (χ4v) is 1.94. The molecule has 1 rings (SSSR count). The first-order chi connectivity index (χ1) is 6.92. The summed E-state index contributed by atoms with van der Waals surface area (Å²) in [4.78, 5) is 8.03. The number of hydrogen-bond donors (Lipinski definition) is 1. The molecule has 0 aliphatic carbocycles. The molecule has 0 spiro atoms. The highest BCUT2D eigenvalue weighted by atomic mass is 79.9. The maximum Gasteiger partial charge on any atom is 0.154 e.